The summed E-state index contributed by atoms with van der Waals surface area (Å²) in [5, 5.41) is 3.45. The van der Waals surface area contributed by atoms with E-state index in [1.54, 1.807) is 0 Å². The Balaban J connectivity index is 2.32. The first kappa shape index (κ1) is 8.06. The lowest BCUT2D eigenvalue weighted by molar-refractivity contribution is 0.292. The molecule has 1 aliphatic rings. The van der Waals surface area contributed by atoms with E-state index in [9.17, 15) is 0 Å². The van der Waals surface area contributed by atoms with Gasteiger partial charge in [0.25, 0.3) is 0 Å². The van der Waals surface area contributed by atoms with E-state index >= 15 is 0 Å². The van der Waals surface area contributed by atoms with E-state index in [-0.39, 0.29) is 5.54 Å². The van der Waals surface area contributed by atoms with Crippen LogP contribution < -0.4 is 5.32 Å². The maximum atomic E-state index is 4.21. The Kier molecular flexibility index (Phi) is 2.72. The molecule has 0 aliphatic heterocycles. The molecule has 0 aromatic carbocycles. The van der Waals surface area contributed by atoms with Gasteiger partial charge in [-0.05, 0) is 26.3 Å². The minimum Gasteiger partial charge on any atom is -0.312 e. The van der Waals surface area contributed by atoms with Gasteiger partial charge in [0, 0.05) is 5.54 Å². The van der Waals surface area contributed by atoms with Gasteiger partial charge < -0.3 is 5.32 Å². The Morgan fingerprint density at radius 1 is 1.30 bits per heavy atom. The maximum Gasteiger partial charge on any atom is 0.0182 e. The van der Waals surface area contributed by atoms with Gasteiger partial charge in [-0.15, -0.1) is 0 Å². The molecule has 0 saturated heterocycles. The van der Waals surface area contributed by atoms with E-state index in [1.807, 2.05) is 0 Å². The van der Waals surface area contributed by atoms with Crippen LogP contribution in [0, 0.1) is 6.92 Å². The molecule has 0 unspecified atom stereocenters. The molecule has 1 rings (SSSR count). The number of nitrogens with one attached hydrogen (secondary N) is 1. The highest BCUT2D eigenvalue weighted by Gasteiger charge is 2.24. The molecule has 59 valence electrons. The second kappa shape index (κ2) is 3.38. The van der Waals surface area contributed by atoms with Crippen LogP contribution in [0.25, 0.3) is 0 Å². The first-order valence-corrected chi connectivity index (χ1v) is 4.37. The van der Waals surface area contributed by atoms with E-state index < -0.39 is 0 Å². The minimum atomic E-state index is 0.229. The van der Waals surface area contributed by atoms with Gasteiger partial charge in [0.1, 0.15) is 0 Å². The van der Waals surface area contributed by atoms with Crippen molar-refractivity contribution < 1.29 is 0 Å². The molecule has 1 heteroatoms. The van der Waals surface area contributed by atoms with Crippen molar-refractivity contribution in [3.05, 3.63) is 6.92 Å². The Morgan fingerprint density at radius 2 is 1.90 bits per heavy atom. The molecular weight excluding hydrogens is 122 g/mol. The molecule has 1 aliphatic carbocycles. The van der Waals surface area contributed by atoms with Crippen molar-refractivity contribution in [1.29, 1.82) is 0 Å². The summed E-state index contributed by atoms with van der Waals surface area (Å²) >= 11 is 0. The highest BCUT2D eigenvalue weighted by molar-refractivity contribution is 4.92. The smallest absolute Gasteiger partial charge is 0.0182 e. The van der Waals surface area contributed by atoms with Gasteiger partial charge in [-0.2, -0.15) is 0 Å². The van der Waals surface area contributed by atoms with Crippen molar-refractivity contribution in [3.8, 4) is 0 Å². The Hall–Kier alpha value is -0.0400. The summed E-state index contributed by atoms with van der Waals surface area (Å²) in [4.78, 5) is 0. The average Bonchev–Trinajstić information content (AvgIpc) is 1.89. The summed E-state index contributed by atoms with van der Waals surface area (Å²) in [6.07, 6.45) is 6.65. The molecular formula is C9H18N. The van der Waals surface area contributed by atoms with Crippen LogP contribution >= 0.6 is 0 Å². The molecule has 0 heterocycles. The Labute approximate surface area is 64.2 Å². The fourth-order valence-electron chi connectivity index (χ4n) is 1.78. The van der Waals surface area contributed by atoms with Gasteiger partial charge in [0.15, 0.2) is 0 Å². The lowest BCUT2D eigenvalue weighted by Crippen LogP contribution is -2.43. The zero-order chi connectivity index (χ0) is 7.45. The zero-order valence-electron chi connectivity index (χ0n) is 6.95. The third kappa shape index (κ3) is 1.98. The largest absolute Gasteiger partial charge is 0.312 e. The van der Waals surface area contributed by atoms with Crippen LogP contribution in [0.5, 0.6) is 0 Å². The third-order valence-electron chi connectivity index (χ3n) is 2.36. The molecule has 0 aromatic heterocycles. The van der Waals surface area contributed by atoms with Crippen LogP contribution in [0.4, 0.5) is 0 Å². The molecule has 1 radical (unpaired) electrons. The van der Waals surface area contributed by atoms with Gasteiger partial charge in [-0.3, -0.25) is 0 Å². The summed E-state index contributed by atoms with van der Waals surface area (Å²) < 4.78 is 0. The normalized spacial score (nSPS) is 24.6. The fourth-order valence-corrected chi connectivity index (χ4v) is 1.78. The van der Waals surface area contributed by atoms with Gasteiger partial charge in [-0.1, -0.05) is 26.2 Å². The Morgan fingerprint density at radius 3 is 2.40 bits per heavy atom. The van der Waals surface area contributed by atoms with Crippen LogP contribution in [-0.2, 0) is 0 Å². The second-order valence-electron chi connectivity index (χ2n) is 3.37. The van der Waals surface area contributed by atoms with E-state index in [0.717, 1.165) is 6.54 Å². The molecule has 1 N–H and O–H groups in total. The standard InChI is InChI=1S/C9H18N/c1-3-10-9(2)7-5-4-6-8-9/h10H,2-8H2,1H3. The van der Waals surface area contributed by atoms with Crippen molar-refractivity contribution in [1.82, 2.24) is 5.32 Å². The van der Waals surface area contributed by atoms with Gasteiger partial charge >= 0.3 is 0 Å². The van der Waals surface area contributed by atoms with Crippen molar-refractivity contribution in [2.45, 2.75) is 44.6 Å². The first-order valence-electron chi connectivity index (χ1n) is 4.37. The van der Waals surface area contributed by atoms with Gasteiger partial charge in [0.05, 0.1) is 0 Å². The van der Waals surface area contributed by atoms with Crippen LogP contribution in [0.3, 0.4) is 0 Å². The summed E-state index contributed by atoms with van der Waals surface area (Å²) in [5.74, 6) is 0. The van der Waals surface area contributed by atoms with E-state index in [1.165, 1.54) is 32.1 Å². The molecule has 10 heavy (non-hydrogen) atoms. The first-order chi connectivity index (χ1) is 4.77. The molecule has 1 fully saturated rings. The van der Waals surface area contributed by atoms with Gasteiger partial charge in [0.2, 0.25) is 0 Å². The quantitative estimate of drug-likeness (QED) is 0.619. The summed E-state index contributed by atoms with van der Waals surface area (Å²) in [7, 11) is 0. The number of rotatable bonds is 2. The fraction of sp³-hybridized carbons (Fsp3) is 0.889. The van der Waals surface area contributed by atoms with Crippen LogP contribution in [0.15, 0.2) is 0 Å². The predicted octanol–water partition coefficient (Wildman–Crippen LogP) is 2.13. The number of hydrogen-bond acceptors (Lipinski definition) is 1. The molecule has 1 saturated carbocycles. The maximum absolute atomic E-state index is 4.21. The van der Waals surface area contributed by atoms with E-state index in [0.29, 0.717) is 0 Å². The van der Waals surface area contributed by atoms with Crippen LogP contribution in [0.2, 0.25) is 0 Å². The van der Waals surface area contributed by atoms with Crippen LogP contribution in [0.1, 0.15) is 39.0 Å². The summed E-state index contributed by atoms with van der Waals surface area (Å²) in [6.45, 7) is 7.42. The molecule has 0 atom stereocenters. The Bertz CT molecular complexity index is 87.4. The predicted molar refractivity (Wildman–Crippen MR) is 44.8 cm³/mol. The summed E-state index contributed by atoms with van der Waals surface area (Å²) in [6, 6.07) is 0. The highest BCUT2D eigenvalue weighted by atomic mass is 15.0. The second-order valence-corrected chi connectivity index (χ2v) is 3.37. The molecule has 0 spiro atoms. The van der Waals surface area contributed by atoms with Crippen molar-refractivity contribution >= 4 is 0 Å². The highest BCUT2D eigenvalue weighted by Crippen LogP contribution is 2.26. The van der Waals surface area contributed by atoms with Crippen LogP contribution in [-0.4, -0.2) is 12.1 Å². The van der Waals surface area contributed by atoms with E-state index in [4.69, 9.17) is 0 Å². The number of hydrogen-bond donors (Lipinski definition) is 1. The SMILES string of the molecule is [CH2]C1(NCC)CCCCC1. The third-order valence-corrected chi connectivity index (χ3v) is 2.36. The average molecular weight is 140 g/mol. The van der Waals surface area contributed by atoms with Crippen molar-refractivity contribution in [2.24, 2.45) is 0 Å². The topological polar surface area (TPSA) is 12.0 Å². The van der Waals surface area contributed by atoms with Crippen molar-refractivity contribution in [3.63, 3.8) is 0 Å². The summed E-state index contributed by atoms with van der Waals surface area (Å²) in [5.41, 5.74) is 0.229. The molecule has 1 nitrogen and oxygen atoms in total. The lowest BCUT2D eigenvalue weighted by atomic mass is 9.83. The van der Waals surface area contributed by atoms with Crippen molar-refractivity contribution in [2.75, 3.05) is 6.54 Å². The molecule has 0 amide bonds. The zero-order valence-corrected chi connectivity index (χ0v) is 6.95. The van der Waals surface area contributed by atoms with E-state index in [2.05, 4.69) is 19.2 Å². The molecule has 0 bridgehead atoms. The lowest BCUT2D eigenvalue weighted by Gasteiger charge is -2.34. The monoisotopic (exact) mass is 140 g/mol. The van der Waals surface area contributed by atoms with Gasteiger partial charge in [-0.25, -0.2) is 0 Å². The minimum absolute atomic E-state index is 0.229. The molecule has 0 aromatic rings.